The van der Waals surface area contributed by atoms with Crippen molar-refractivity contribution in [3.8, 4) is 17.2 Å². The van der Waals surface area contributed by atoms with Crippen molar-refractivity contribution in [3.63, 3.8) is 0 Å². The highest BCUT2D eigenvalue weighted by Crippen LogP contribution is 2.45. The number of benzene rings is 5. The van der Waals surface area contributed by atoms with E-state index in [2.05, 4.69) is 0 Å². The Balaban J connectivity index is 1.30. The third-order valence-corrected chi connectivity index (χ3v) is 8.67. The van der Waals surface area contributed by atoms with Gasteiger partial charge in [-0.1, -0.05) is 84.9 Å². The fraction of sp³-hybridized carbons (Fsp3) is 0.184. The van der Waals surface area contributed by atoms with E-state index >= 15 is 0 Å². The highest BCUT2D eigenvalue weighted by molar-refractivity contribution is 7.53. The number of carbonyl (C=O) groups excluding carboxylic acids is 1. The lowest BCUT2D eigenvalue weighted by molar-refractivity contribution is 0.000184. The van der Waals surface area contributed by atoms with Crippen molar-refractivity contribution < 1.29 is 37.4 Å². The molecule has 0 aromatic heterocycles. The summed E-state index contributed by atoms with van der Waals surface area (Å²) in [6.45, 7) is 1.49. The van der Waals surface area contributed by atoms with Crippen molar-refractivity contribution in [2.45, 2.75) is 12.2 Å². The van der Waals surface area contributed by atoms with Crippen LogP contribution in [0.3, 0.4) is 0 Å². The average molecular weight is 653 g/mol. The van der Waals surface area contributed by atoms with Gasteiger partial charge in [0.25, 0.3) is 0 Å². The first-order valence-electron chi connectivity index (χ1n) is 15.0. The molecule has 0 fully saturated rings. The van der Waals surface area contributed by atoms with E-state index in [1.807, 2.05) is 97.1 Å². The summed E-state index contributed by atoms with van der Waals surface area (Å²) in [5.41, 5.74) is 3.14. The van der Waals surface area contributed by atoms with Crippen LogP contribution in [0.1, 0.15) is 32.6 Å². The van der Waals surface area contributed by atoms with Gasteiger partial charge in [0.1, 0.15) is 29.5 Å². The van der Waals surface area contributed by atoms with Gasteiger partial charge in [0.05, 0.1) is 33.0 Å². The quantitative estimate of drug-likeness (QED) is 0.0483. The molecule has 0 saturated heterocycles. The van der Waals surface area contributed by atoms with E-state index in [-0.39, 0.29) is 19.8 Å². The Hall–Kier alpha value is -4.88. The zero-order valence-electron chi connectivity index (χ0n) is 26.5. The third-order valence-electron chi connectivity index (χ3n) is 7.48. The highest BCUT2D eigenvalue weighted by atomic mass is 31.2. The molecule has 9 heteroatoms. The molecule has 0 bridgehead atoms. The molecule has 0 aliphatic heterocycles. The number of carbonyl (C=O) groups is 1. The van der Waals surface area contributed by atoms with Gasteiger partial charge in [-0.3, -0.25) is 4.52 Å². The number of hydrogen-bond donors (Lipinski definition) is 0. The summed E-state index contributed by atoms with van der Waals surface area (Å²) < 4.78 is 47.1. The second-order valence-electron chi connectivity index (χ2n) is 10.6. The van der Waals surface area contributed by atoms with E-state index < -0.39 is 19.2 Å². The first kappa shape index (κ1) is 33.5. The molecule has 0 heterocycles. The van der Waals surface area contributed by atoms with E-state index in [4.69, 9.17) is 28.0 Å². The van der Waals surface area contributed by atoms with Crippen LogP contribution in [0.15, 0.2) is 133 Å². The lowest BCUT2D eigenvalue weighted by Gasteiger charge is -2.36. The van der Waals surface area contributed by atoms with Gasteiger partial charge in [-0.25, -0.2) is 9.36 Å². The molecule has 8 nitrogen and oxygen atoms in total. The molecule has 47 heavy (non-hydrogen) atoms. The molecule has 5 rings (SSSR count). The lowest BCUT2D eigenvalue weighted by Crippen LogP contribution is -2.32. The Bertz CT molecular complexity index is 1710. The van der Waals surface area contributed by atoms with E-state index in [0.717, 1.165) is 33.8 Å². The van der Waals surface area contributed by atoms with E-state index in [1.165, 1.54) is 6.66 Å². The summed E-state index contributed by atoms with van der Waals surface area (Å²) >= 11 is 0. The van der Waals surface area contributed by atoms with Gasteiger partial charge < -0.3 is 23.5 Å². The minimum Gasteiger partial charge on any atom is -0.497 e. The predicted octanol–water partition coefficient (Wildman–Crippen LogP) is 8.29. The van der Waals surface area contributed by atoms with Crippen molar-refractivity contribution >= 4 is 13.6 Å². The Kier molecular flexibility index (Phi) is 11.1. The number of hydrogen-bond acceptors (Lipinski definition) is 8. The van der Waals surface area contributed by atoms with Crippen LogP contribution in [-0.4, -0.2) is 40.1 Å². The molecule has 5 aromatic rings. The normalized spacial score (nSPS) is 12.5. The minimum atomic E-state index is -3.48. The monoisotopic (exact) mass is 652 g/mol. The van der Waals surface area contributed by atoms with Crippen molar-refractivity contribution in [3.05, 3.63) is 161 Å². The zero-order chi connectivity index (χ0) is 33.1. The maximum Gasteiger partial charge on any atom is 0.376 e. The molecule has 1 unspecified atom stereocenters. The second kappa shape index (κ2) is 15.6. The second-order valence-corrected chi connectivity index (χ2v) is 12.6. The molecule has 242 valence electrons. The largest absolute Gasteiger partial charge is 0.497 e. The molecule has 0 radical (unpaired) electrons. The van der Waals surface area contributed by atoms with Gasteiger partial charge in [0.15, 0.2) is 0 Å². The predicted molar refractivity (Wildman–Crippen MR) is 180 cm³/mol. The molecular weight excluding hydrogens is 615 g/mol. The molecule has 0 spiro atoms. The molecule has 1 atom stereocenters. The highest BCUT2D eigenvalue weighted by Gasteiger charge is 2.38. The smallest absolute Gasteiger partial charge is 0.376 e. The van der Waals surface area contributed by atoms with Crippen LogP contribution < -0.4 is 14.0 Å². The summed E-state index contributed by atoms with van der Waals surface area (Å²) in [6, 6.07) is 41.6. The van der Waals surface area contributed by atoms with Gasteiger partial charge in [-0.05, 0) is 70.8 Å². The Morgan fingerprint density at radius 1 is 0.617 bits per heavy atom. The summed E-state index contributed by atoms with van der Waals surface area (Å²) in [4.78, 5) is 12.1. The van der Waals surface area contributed by atoms with Crippen LogP contribution in [0.4, 0.5) is 0 Å². The van der Waals surface area contributed by atoms with Crippen molar-refractivity contribution in [2.24, 2.45) is 0 Å². The van der Waals surface area contributed by atoms with Gasteiger partial charge in [-0.2, -0.15) is 0 Å². The molecule has 0 aliphatic rings. The zero-order valence-corrected chi connectivity index (χ0v) is 27.4. The average Bonchev–Trinajstić information content (AvgIpc) is 3.12. The van der Waals surface area contributed by atoms with Crippen LogP contribution in [0, 0.1) is 0 Å². The number of ether oxygens (including phenoxy) is 4. The van der Waals surface area contributed by atoms with Crippen LogP contribution in [-0.2, 0) is 30.8 Å². The minimum absolute atomic E-state index is 0.0588. The van der Waals surface area contributed by atoms with Crippen molar-refractivity contribution in [1.82, 2.24) is 0 Å². The van der Waals surface area contributed by atoms with Crippen molar-refractivity contribution in [2.75, 3.05) is 34.1 Å². The standard InChI is InChI=1S/C38H37O8P/c1-41-34-22-16-32(17-23-34)38(31-12-8-5-9-13-31,33-18-24-35(42-2)25-19-33)44-28-29-14-20-36(21-15-29)46-47(3,40)45-27-26-43-37(39)30-10-6-4-7-11-30/h4-25H,26-28H2,1-3H3. The van der Waals surface area contributed by atoms with Gasteiger partial charge in [0.2, 0.25) is 0 Å². The van der Waals surface area contributed by atoms with Crippen LogP contribution >= 0.6 is 7.60 Å². The first-order chi connectivity index (χ1) is 22.8. The van der Waals surface area contributed by atoms with E-state index in [0.29, 0.717) is 11.3 Å². The Morgan fingerprint density at radius 3 is 1.64 bits per heavy atom. The Morgan fingerprint density at radius 2 is 1.11 bits per heavy atom. The topological polar surface area (TPSA) is 89.5 Å². The van der Waals surface area contributed by atoms with Crippen LogP contribution in [0.2, 0.25) is 0 Å². The molecular formula is C38H37O8P. The summed E-state index contributed by atoms with van der Waals surface area (Å²) in [7, 11) is -0.202. The number of esters is 1. The lowest BCUT2D eigenvalue weighted by atomic mass is 9.80. The molecule has 0 amide bonds. The van der Waals surface area contributed by atoms with E-state index in [1.54, 1.807) is 50.6 Å². The van der Waals surface area contributed by atoms with Crippen molar-refractivity contribution in [1.29, 1.82) is 0 Å². The molecule has 0 saturated carbocycles. The third kappa shape index (κ3) is 8.48. The fourth-order valence-electron chi connectivity index (χ4n) is 5.13. The molecule has 5 aromatic carbocycles. The maximum atomic E-state index is 13.0. The number of methoxy groups -OCH3 is 2. The number of rotatable bonds is 15. The van der Waals surface area contributed by atoms with Crippen LogP contribution in [0.25, 0.3) is 0 Å². The Labute approximate surface area is 275 Å². The maximum absolute atomic E-state index is 13.0. The molecule has 0 N–H and O–H groups in total. The van der Waals surface area contributed by atoms with Gasteiger partial charge in [0, 0.05) is 6.66 Å². The first-order valence-corrected chi connectivity index (χ1v) is 17.0. The van der Waals surface area contributed by atoms with E-state index in [9.17, 15) is 9.36 Å². The summed E-state index contributed by atoms with van der Waals surface area (Å²) in [6.07, 6.45) is 0. The summed E-state index contributed by atoms with van der Waals surface area (Å²) in [5, 5.41) is 0. The SMILES string of the molecule is COc1ccc(C(OCc2ccc(OP(C)(=O)OCCOC(=O)c3ccccc3)cc2)(c2ccccc2)c2ccc(OC)cc2)cc1. The van der Waals surface area contributed by atoms with Gasteiger partial charge in [-0.15, -0.1) is 0 Å². The van der Waals surface area contributed by atoms with Crippen LogP contribution in [0.5, 0.6) is 17.2 Å². The molecule has 0 aliphatic carbocycles. The summed E-state index contributed by atoms with van der Waals surface area (Å²) in [5.74, 6) is 1.38. The van der Waals surface area contributed by atoms with Gasteiger partial charge >= 0.3 is 13.6 Å². The fourth-order valence-corrected chi connectivity index (χ4v) is 6.09.